The van der Waals surface area contributed by atoms with Crippen LogP contribution in [0.3, 0.4) is 0 Å². The molecule has 0 heterocycles. The topological polar surface area (TPSA) is 46.2 Å². The summed E-state index contributed by atoms with van der Waals surface area (Å²) >= 11 is 0. The van der Waals surface area contributed by atoms with Crippen LogP contribution in [0.4, 0.5) is 5.69 Å². The van der Waals surface area contributed by atoms with Gasteiger partial charge in [-0.1, -0.05) is 32.0 Å². The largest absolute Gasteiger partial charge is 0.362 e. The summed E-state index contributed by atoms with van der Waals surface area (Å²) in [5.41, 5.74) is 0.671. The minimum Gasteiger partial charge on any atom is -0.362 e. The molecule has 0 radical (unpaired) electrons. The number of carbonyl (C=O) groups is 2. The molecule has 0 saturated heterocycles. The van der Waals surface area contributed by atoms with Crippen molar-refractivity contribution in [3.63, 3.8) is 0 Å². The summed E-state index contributed by atoms with van der Waals surface area (Å²) in [5.74, 6) is 0.0188. The van der Waals surface area contributed by atoms with Crippen LogP contribution in [0.15, 0.2) is 42.6 Å². The number of benzene rings is 1. The summed E-state index contributed by atoms with van der Waals surface area (Å²) in [4.78, 5) is 22.1. The molecule has 1 rings (SSSR count). The van der Waals surface area contributed by atoms with Gasteiger partial charge in [-0.05, 0) is 23.6 Å². The Labute approximate surface area is 108 Å². The maximum Gasteiger partial charge on any atom is 0.157 e. The van der Waals surface area contributed by atoms with E-state index in [0.29, 0.717) is 12.8 Å². The Balaban J connectivity index is 2.43. The quantitative estimate of drug-likeness (QED) is 0.592. The predicted molar refractivity (Wildman–Crippen MR) is 73.3 cm³/mol. The Morgan fingerprint density at radius 2 is 1.94 bits per heavy atom. The molecule has 0 aromatic heterocycles. The molecule has 96 valence electrons. The highest BCUT2D eigenvalue weighted by Gasteiger charge is 2.19. The molecule has 0 unspecified atom stereocenters. The minimum absolute atomic E-state index is 0.0188. The molecule has 0 aliphatic heterocycles. The van der Waals surface area contributed by atoms with E-state index in [4.69, 9.17) is 0 Å². The number of anilines is 1. The average Bonchev–Trinajstić information content (AvgIpc) is 2.29. The first-order chi connectivity index (χ1) is 8.53. The number of hydrogen-bond donors (Lipinski definition) is 1. The molecular formula is C15H19NO2. The molecular weight excluding hydrogens is 226 g/mol. The zero-order valence-corrected chi connectivity index (χ0v) is 10.8. The molecule has 0 aliphatic rings. The van der Waals surface area contributed by atoms with Crippen molar-refractivity contribution in [3.05, 3.63) is 42.6 Å². The van der Waals surface area contributed by atoms with Crippen molar-refractivity contribution in [2.24, 2.45) is 5.41 Å². The summed E-state index contributed by atoms with van der Waals surface area (Å²) in [6, 6.07) is 9.62. The fourth-order valence-corrected chi connectivity index (χ4v) is 1.59. The van der Waals surface area contributed by atoms with Gasteiger partial charge in [0.25, 0.3) is 0 Å². The maximum absolute atomic E-state index is 11.7. The first kappa shape index (κ1) is 14.2. The van der Waals surface area contributed by atoms with Crippen molar-refractivity contribution < 1.29 is 9.59 Å². The van der Waals surface area contributed by atoms with E-state index in [0.717, 1.165) is 12.0 Å². The molecule has 0 bridgehead atoms. The van der Waals surface area contributed by atoms with Gasteiger partial charge in [-0.15, -0.1) is 0 Å². The summed E-state index contributed by atoms with van der Waals surface area (Å²) < 4.78 is 0. The van der Waals surface area contributed by atoms with Gasteiger partial charge in [0.15, 0.2) is 5.78 Å². The lowest BCUT2D eigenvalue weighted by Crippen LogP contribution is -2.16. The van der Waals surface area contributed by atoms with Crippen molar-refractivity contribution >= 4 is 17.8 Å². The second kappa shape index (κ2) is 6.74. The Kier molecular flexibility index (Phi) is 5.31. The smallest absolute Gasteiger partial charge is 0.157 e. The zero-order valence-electron chi connectivity index (χ0n) is 10.8. The monoisotopic (exact) mass is 245 g/mol. The number of allylic oxidation sites excluding steroid dienone is 1. The van der Waals surface area contributed by atoms with Crippen molar-refractivity contribution in [2.75, 3.05) is 5.32 Å². The van der Waals surface area contributed by atoms with Crippen LogP contribution in [0, 0.1) is 5.41 Å². The van der Waals surface area contributed by atoms with Crippen LogP contribution in [0.1, 0.15) is 26.7 Å². The molecule has 0 amide bonds. The number of nitrogens with one attached hydrogen (secondary N) is 1. The fraction of sp³-hybridized carbons (Fsp3) is 0.333. The van der Waals surface area contributed by atoms with Crippen molar-refractivity contribution in [1.29, 1.82) is 0 Å². The van der Waals surface area contributed by atoms with Crippen LogP contribution in [0.5, 0.6) is 0 Å². The Hall–Kier alpha value is -1.90. The van der Waals surface area contributed by atoms with Crippen molar-refractivity contribution in [2.45, 2.75) is 26.7 Å². The van der Waals surface area contributed by atoms with Crippen LogP contribution in [-0.4, -0.2) is 12.1 Å². The lowest BCUT2D eigenvalue weighted by Gasteiger charge is -2.19. The van der Waals surface area contributed by atoms with Gasteiger partial charge < -0.3 is 10.1 Å². The summed E-state index contributed by atoms with van der Waals surface area (Å²) in [6.45, 7) is 3.83. The van der Waals surface area contributed by atoms with E-state index in [1.807, 2.05) is 44.2 Å². The molecule has 1 N–H and O–H groups in total. The van der Waals surface area contributed by atoms with Gasteiger partial charge in [0, 0.05) is 24.7 Å². The first-order valence-electron chi connectivity index (χ1n) is 5.98. The standard InChI is InChI=1S/C15H19NO2/c1-15(2,9-11-17)12-14(18)8-10-16-13-6-4-3-5-7-13/h3-8,10-11,16H,9,12H2,1-2H3/b10-8+. The van der Waals surface area contributed by atoms with E-state index >= 15 is 0 Å². The van der Waals surface area contributed by atoms with E-state index in [9.17, 15) is 9.59 Å². The number of aldehydes is 1. The van der Waals surface area contributed by atoms with E-state index in [-0.39, 0.29) is 11.2 Å². The molecule has 18 heavy (non-hydrogen) atoms. The lowest BCUT2D eigenvalue weighted by atomic mass is 9.84. The third-order valence-corrected chi connectivity index (χ3v) is 2.58. The number of hydrogen-bond acceptors (Lipinski definition) is 3. The van der Waals surface area contributed by atoms with Crippen LogP contribution in [-0.2, 0) is 9.59 Å². The van der Waals surface area contributed by atoms with Crippen LogP contribution in [0.25, 0.3) is 0 Å². The van der Waals surface area contributed by atoms with Crippen molar-refractivity contribution in [3.8, 4) is 0 Å². The average molecular weight is 245 g/mol. The second-order valence-corrected chi connectivity index (χ2v) is 5.02. The molecule has 0 atom stereocenters. The van der Waals surface area contributed by atoms with Gasteiger partial charge in [0.2, 0.25) is 0 Å². The SMILES string of the molecule is CC(C)(CC=O)CC(=O)/C=C/Nc1ccccc1. The molecule has 3 nitrogen and oxygen atoms in total. The van der Waals surface area contributed by atoms with E-state index in [1.165, 1.54) is 6.08 Å². The third kappa shape index (κ3) is 5.43. The maximum atomic E-state index is 11.7. The highest BCUT2D eigenvalue weighted by atomic mass is 16.1. The van der Waals surface area contributed by atoms with Crippen LogP contribution in [0.2, 0.25) is 0 Å². The molecule has 1 aromatic carbocycles. The Morgan fingerprint density at radius 1 is 1.28 bits per heavy atom. The molecule has 0 spiro atoms. The number of carbonyl (C=O) groups excluding carboxylic acids is 2. The molecule has 0 saturated carbocycles. The van der Waals surface area contributed by atoms with Gasteiger partial charge in [0.1, 0.15) is 6.29 Å². The van der Waals surface area contributed by atoms with Gasteiger partial charge in [0.05, 0.1) is 0 Å². The van der Waals surface area contributed by atoms with Crippen LogP contribution < -0.4 is 5.32 Å². The minimum atomic E-state index is -0.268. The van der Waals surface area contributed by atoms with E-state index in [1.54, 1.807) is 6.20 Å². The molecule has 0 aliphatic carbocycles. The Morgan fingerprint density at radius 3 is 2.56 bits per heavy atom. The van der Waals surface area contributed by atoms with Crippen molar-refractivity contribution in [1.82, 2.24) is 0 Å². The van der Waals surface area contributed by atoms with Gasteiger partial charge in [-0.3, -0.25) is 4.79 Å². The Bertz CT molecular complexity index is 421. The highest BCUT2D eigenvalue weighted by molar-refractivity contribution is 5.90. The first-order valence-corrected chi connectivity index (χ1v) is 5.98. The summed E-state index contributed by atoms with van der Waals surface area (Å²) in [7, 11) is 0. The normalized spacial score (nSPS) is 11.4. The van der Waals surface area contributed by atoms with Crippen LogP contribution >= 0.6 is 0 Å². The number of ketones is 1. The lowest BCUT2D eigenvalue weighted by molar-refractivity contribution is -0.117. The predicted octanol–water partition coefficient (Wildman–Crippen LogP) is 3.19. The van der Waals surface area contributed by atoms with E-state index < -0.39 is 0 Å². The summed E-state index contributed by atoms with van der Waals surface area (Å²) in [6.07, 6.45) is 4.78. The zero-order chi connectivity index (χ0) is 13.4. The fourth-order valence-electron chi connectivity index (χ4n) is 1.59. The molecule has 1 aromatic rings. The van der Waals surface area contributed by atoms with Gasteiger partial charge in [-0.25, -0.2) is 0 Å². The van der Waals surface area contributed by atoms with Gasteiger partial charge >= 0.3 is 0 Å². The second-order valence-electron chi connectivity index (χ2n) is 5.02. The third-order valence-electron chi connectivity index (χ3n) is 2.58. The highest BCUT2D eigenvalue weighted by Crippen LogP contribution is 2.24. The van der Waals surface area contributed by atoms with E-state index in [2.05, 4.69) is 5.32 Å². The number of rotatable bonds is 7. The number of para-hydroxylation sites is 1. The molecule has 3 heteroatoms. The summed E-state index contributed by atoms with van der Waals surface area (Å²) in [5, 5.41) is 3.02. The van der Waals surface area contributed by atoms with Gasteiger partial charge in [-0.2, -0.15) is 0 Å². The molecule has 0 fully saturated rings.